The molecule has 2 heterocycles. The van der Waals surface area contributed by atoms with E-state index in [2.05, 4.69) is 19.3 Å². The third-order valence-electron chi connectivity index (χ3n) is 5.19. The molecule has 0 aromatic rings. The van der Waals surface area contributed by atoms with Crippen LogP contribution in [0.4, 0.5) is 4.79 Å². The normalized spacial score (nSPS) is 34.0. The number of rotatable bonds is 3. The van der Waals surface area contributed by atoms with Crippen LogP contribution in [0.15, 0.2) is 0 Å². The summed E-state index contributed by atoms with van der Waals surface area (Å²) in [5.41, 5.74) is 2.22. The summed E-state index contributed by atoms with van der Waals surface area (Å²) in [5, 5.41) is 11.4. The van der Waals surface area contributed by atoms with E-state index >= 15 is 0 Å². The van der Waals surface area contributed by atoms with Gasteiger partial charge in [0.25, 0.3) is 0 Å². The van der Waals surface area contributed by atoms with Crippen LogP contribution < -0.4 is 5.43 Å². The number of carboxylic acids is 1. The van der Waals surface area contributed by atoms with Crippen molar-refractivity contribution in [3.05, 3.63) is 0 Å². The largest absolute Gasteiger partial charge is 0.481 e. The number of piperidine rings is 1. The van der Waals surface area contributed by atoms with E-state index < -0.39 is 11.4 Å². The lowest BCUT2D eigenvalue weighted by molar-refractivity contribution is -0.148. The fraction of sp³-hybridized carbons (Fsp3) is 0.867. The number of nitrogens with one attached hydrogen (secondary N) is 1. The Kier molecular flexibility index (Phi) is 4.76. The Morgan fingerprint density at radius 2 is 1.90 bits per heavy atom. The highest BCUT2D eigenvalue weighted by atomic mass is 16.4. The van der Waals surface area contributed by atoms with Gasteiger partial charge in [0, 0.05) is 25.2 Å². The van der Waals surface area contributed by atoms with Gasteiger partial charge in [-0.15, -0.1) is 0 Å². The molecule has 21 heavy (non-hydrogen) atoms. The second kappa shape index (κ2) is 6.22. The zero-order valence-electron chi connectivity index (χ0n) is 13.3. The Morgan fingerprint density at radius 3 is 2.38 bits per heavy atom. The zero-order chi connectivity index (χ0) is 15.6. The third-order valence-corrected chi connectivity index (χ3v) is 5.19. The number of aliphatic carboxylic acids is 1. The summed E-state index contributed by atoms with van der Waals surface area (Å²) in [4.78, 5) is 25.5. The standard InChI is InChI=1S/C15H27N3O3/c1-4-15(13(19)20)8-9-17(10-15)14(21)16-18-11(2)6-5-7-12(18)3/h11-12H,4-10H2,1-3H3,(H,16,21)(H,19,20). The summed E-state index contributed by atoms with van der Waals surface area (Å²) in [5.74, 6) is -0.792. The smallest absolute Gasteiger partial charge is 0.331 e. The zero-order valence-corrected chi connectivity index (χ0v) is 13.3. The van der Waals surface area contributed by atoms with Gasteiger partial charge < -0.3 is 10.0 Å². The molecule has 2 amide bonds. The predicted molar refractivity (Wildman–Crippen MR) is 79.7 cm³/mol. The molecule has 3 atom stereocenters. The monoisotopic (exact) mass is 297 g/mol. The molecule has 2 rings (SSSR count). The molecule has 2 fully saturated rings. The van der Waals surface area contributed by atoms with Crippen molar-refractivity contribution in [2.45, 2.75) is 65.0 Å². The molecule has 0 saturated carbocycles. The third kappa shape index (κ3) is 3.15. The van der Waals surface area contributed by atoms with E-state index in [-0.39, 0.29) is 6.03 Å². The van der Waals surface area contributed by atoms with Crippen molar-refractivity contribution in [3.63, 3.8) is 0 Å². The fourth-order valence-electron chi connectivity index (χ4n) is 3.48. The van der Waals surface area contributed by atoms with Crippen LogP contribution >= 0.6 is 0 Å². The Morgan fingerprint density at radius 1 is 1.29 bits per heavy atom. The molecule has 0 aliphatic carbocycles. The molecule has 2 aliphatic rings. The first kappa shape index (κ1) is 16.1. The molecule has 6 heteroatoms. The van der Waals surface area contributed by atoms with Gasteiger partial charge in [0.15, 0.2) is 0 Å². The van der Waals surface area contributed by atoms with Crippen molar-refractivity contribution in [1.29, 1.82) is 0 Å². The number of carboxylic acid groups (broad SMARTS) is 1. The van der Waals surface area contributed by atoms with Crippen LogP contribution in [0.1, 0.15) is 52.9 Å². The minimum absolute atomic E-state index is 0.160. The highest BCUT2D eigenvalue weighted by Gasteiger charge is 2.45. The molecular weight excluding hydrogens is 270 g/mol. The summed E-state index contributed by atoms with van der Waals surface area (Å²) in [7, 11) is 0. The Balaban J connectivity index is 1.97. The topological polar surface area (TPSA) is 72.9 Å². The van der Waals surface area contributed by atoms with Crippen LogP contribution in [-0.2, 0) is 4.79 Å². The number of hydrogen-bond donors (Lipinski definition) is 2. The highest BCUT2D eigenvalue weighted by Crippen LogP contribution is 2.34. The number of likely N-dealkylation sites (tertiary alicyclic amines) is 1. The summed E-state index contributed by atoms with van der Waals surface area (Å²) < 4.78 is 0. The van der Waals surface area contributed by atoms with Crippen molar-refractivity contribution < 1.29 is 14.7 Å². The van der Waals surface area contributed by atoms with Crippen LogP contribution in [0.5, 0.6) is 0 Å². The van der Waals surface area contributed by atoms with Crippen LogP contribution in [0.3, 0.4) is 0 Å². The molecule has 2 saturated heterocycles. The number of hydrazine groups is 1. The Bertz CT molecular complexity index is 405. The van der Waals surface area contributed by atoms with Crippen molar-refractivity contribution in [2.75, 3.05) is 13.1 Å². The number of urea groups is 1. The maximum Gasteiger partial charge on any atom is 0.331 e. The van der Waals surface area contributed by atoms with E-state index in [4.69, 9.17) is 0 Å². The van der Waals surface area contributed by atoms with Gasteiger partial charge in [0.1, 0.15) is 0 Å². The number of amides is 2. The molecular formula is C15H27N3O3. The van der Waals surface area contributed by atoms with E-state index in [0.717, 1.165) is 12.8 Å². The minimum Gasteiger partial charge on any atom is -0.481 e. The van der Waals surface area contributed by atoms with Crippen molar-refractivity contribution in [3.8, 4) is 0 Å². The molecule has 0 spiro atoms. The van der Waals surface area contributed by atoms with Gasteiger partial charge in [-0.2, -0.15) is 0 Å². The van der Waals surface area contributed by atoms with E-state index in [9.17, 15) is 14.7 Å². The van der Waals surface area contributed by atoms with Crippen molar-refractivity contribution >= 4 is 12.0 Å². The van der Waals surface area contributed by atoms with Crippen molar-refractivity contribution in [1.82, 2.24) is 15.3 Å². The molecule has 2 N–H and O–H groups in total. The molecule has 2 aliphatic heterocycles. The second-order valence-electron chi connectivity index (χ2n) is 6.56. The summed E-state index contributed by atoms with van der Waals surface area (Å²) >= 11 is 0. The summed E-state index contributed by atoms with van der Waals surface area (Å²) in [6, 6.07) is 0.499. The maximum absolute atomic E-state index is 12.4. The lowest BCUT2D eigenvalue weighted by atomic mass is 9.84. The molecule has 3 unspecified atom stereocenters. The molecule has 0 bridgehead atoms. The van der Waals surface area contributed by atoms with Crippen LogP contribution in [0.2, 0.25) is 0 Å². The van der Waals surface area contributed by atoms with Crippen LogP contribution in [0, 0.1) is 5.41 Å². The van der Waals surface area contributed by atoms with Crippen LogP contribution in [-0.4, -0.2) is 52.2 Å². The molecule has 6 nitrogen and oxygen atoms in total. The van der Waals surface area contributed by atoms with Crippen LogP contribution in [0.25, 0.3) is 0 Å². The van der Waals surface area contributed by atoms with Gasteiger partial charge in [0.05, 0.1) is 5.41 Å². The maximum atomic E-state index is 12.4. The van der Waals surface area contributed by atoms with Gasteiger partial charge in [-0.25, -0.2) is 9.80 Å². The first-order chi connectivity index (χ1) is 9.89. The Labute approximate surface area is 126 Å². The SMILES string of the molecule is CCC1(C(=O)O)CCN(C(=O)NN2C(C)CCCC2C)C1. The van der Waals surface area contributed by atoms with E-state index in [1.54, 1.807) is 4.90 Å². The van der Waals surface area contributed by atoms with Gasteiger partial charge in [-0.05, 0) is 39.5 Å². The quantitative estimate of drug-likeness (QED) is 0.836. The van der Waals surface area contributed by atoms with E-state index in [1.807, 2.05) is 11.9 Å². The molecule has 0 aromatic heterocycles. The van der Waals surface area contributed by atoms with Gasteiger partial charge in [0.2, 0.25) is 0 Å². The number of carbonyl (C=O) groups excluding carboxylic acids is 1. The van der Waals surface area contributed by atoms with Gasteiger partial charge in [-0.1, -0.05) is 13.3 Å². The number of nitrogens with zero attached hydrogens (tertiary/aromatic N) is 2. The second-order valence-corrected chi connectivity index (χ2v) is 6.56. The number of hydrogen-bond acceptors (Lipinski definition) is 3. The molecule has 0 aromatic carbocycles. The lowest BCUT2D eigenvalue weighted by Gasteiger charge is -2.39. The molecule has 120 valence electrons. The fourth-order valence-corrected chi connectivity index (χ4v) is 3.48. The number of carbonyl (C=O) groups is 2. The lowest BCUT2D eigenvalue weighted by Crippen LogP contribution is -2.57. The highest BCUT2D eigenvalue weighted by molar-refractivity contribution is 5.79. The van der Waals surface area contributed by atoms with E-state index in [0.29, 0.717) is 38.0 Å². The summed E-state index contributed by atoms with van der Waals surface area (Å²) in [6.07, 6.45) is 4.45. The van der Waals surface area contributed by atoms with Gasteiger partial charge in [-0.3, -0.25) is 10.2 Å². The average molecular weight is 297 g/mol. The van der Waals surface area contributed by atoms with Crippen molar-refractivity contribution in [2.24, 2.45) is 5.41 Å². The first-order valence-corrected chi connectivity index (χ1v) is 7.97. The van der Waals surface area contributed by atoms with E-state index in [1.165, 1.54) is 6.42 Å². The summed E-state index contributed by atoms with van der Waals surface area (Å²) in [6.45, 7) is 6.94. The Hall–Kier alpha value is -1.30. The molecule has 0 radical (unpaired) electrons. The average Bonchev–Trinajstić information content (AvgIpc) is 2.89. The van der Waals surface area contributed by atoms with Gasteiger partial charge >= 0.3 is 12.0 Å². The first-order valence-electron chi connectivity index (χ1n) is 7.97. The minimum atomic E-state index is -0.792. The predicted octanol–water partition coefficient (Wildman–Crippen LogP) is 2.06.